The minimum atomic E-state index is -0.703. The Kier molecular flexibility index (Phi) is 2.09. The molecule has 1 unspecified atom stereocenters. The van der Waals surface area contributed by atoms with E-state index in [0.717, 1.165) is 29.8 Å². The molecule has 0 saturated heterocycles. The highest BCUT2D eigenvalue weighted by Gasteiger charge is 2.50. The van der Waals surface area contributed by atoms with Crippen molar-refractivity contribution < 1.29 is 4.79 Å². The highest BCUT2D eigenvalue weighted by molar-refractivity contribution is 6.08. The number of para-hydroxylation sites is 1. The van der Waals surface area contributed by atoms with Crippen LogP contribution >= 0.6 is 0 Å². The lowest BCUT2D eigenvalue weighted by Gasteiger charge is -2.35. The number of hydrogen-bond acceptors (Lipinski definition) is 2. The van der Waals surface area contributed by atoms with Crippen LogP contribution in [0.25, 0.3) is 0 Å². The summed E-state index contributed by atoms with van der Waals surface area (Å²) in [4.78, 5) is 12.6. The Hall–Kier alpha value is -2.13. The van der Waals surface area contributed by atoms with E-state index in [1.807, 2.05) is 36.4 Å². The number of amides is 1. The first-order chi connectivity index (χ1) is 9.32. The van der Waals surface area contributed by atoms with E-state index < -0.39 is 5.54 Å². The third-order valence-corrected chi connectivity index (χ3v) is 4.13. The van der Waals surface area contributed by atoms with E-state index in [-0.39, 0.29) is 5.91 Å². The number of carbonyl (C=O) groups is 1. The minimum absolute atomic E-state index is 0.0286. The molecule has 2 heterocycles. The second kappa shape index (κ2) is 3.68. The molecule has 0 aromatic heterocycles. The average molecular weight is 250 g/mol. The fraction of sp³-hybridized carbons (Fsp3) is 0.188. The number of benzene rings is 2. The smallest absolute Gasteiger partial charge is 0.254 e. The van der Waals surface area contributed by atoms with Crippen molar-refractivity contribution >= 4 is 11.6 Å². The van der Waals surface area contributed by atoms with Crippen LogP contribution in [0.4, 0.5) is 5.69 Å². The van der Waals surface area contributed by atoms with Crippen molar-refractivity contribution in [3.05, 3.63) is 65.2 Å². The number of nitrogens with one attached hydrogen (secondary N) is 2. The van der Waals surface area contributed by atoms with Crippen molar-refractivity contribution in [1.29, 1.82) is 0 Å². The molecule has 4 rings (SSSR count). The Morgan fingerprint density at radius 3 is 2.58 bits per heavy atom. The van der Waals surface area contributed by atoms with Crippen molar-refractivity contribution in [1.82, 2.24) is 5.32 Å². The predicted octanol–water partition coefficient (Wildman–Crippen LogP) is 2.03. The van der Waals surface area contributed by atoms with Gasteiger partial charge in [0.1, 0.15) is 0 Å². The standard InChI is InChI=1S/C16H14N2O/c19-15-16(13-7-3-4-8-14(13)18-15)12-6-2-1-5-11(12)9-10-17-16/h1-8,17H,9-10H2,(H,18,19). The van der Waals surface area contributed by atoms with Crippen LogP contribution in [0.2, 0.25) is 0 Å². The second-order valence-electron chi connectivity index (χ2n) is 5.08. The molecule has 0 radical (unpaired) electrons. The normalized spacial score (nSPS) is 23.9. The molecule has 2 aliphatic rings. The molecule has 3 nitrogen and oxygen atoms in total. The lowest BCUT2D eigenvalue weighted by Crippen LogP contribution is -2.52. The summed E-state index contributed by atoms with van der Waals surface area (Å²) in [5.74, 6) is 0.0286. The van der Waals surface area contributed by atoms with Gasteiger partial charge in [-0.25, -0.2) is 0 Å². The van der Waals surface area contributed by atoms with Gasteiger partial charge in [0, 0.05) is 17.8 Å². The van der Waals surface area contributed by atoms with Gasteiger partial charge < -0.3 is 5.32 Å². The third-order valence-electron chi connectivity index (χ3n) is 4.13. The van der Waals surface area contributed by atoms with Gasteiger partial charge in [-0.05, 0) is 23.6 Å². The van der Waals surface area contributed by atoms with Gasteiger partial charge in [-0.1, -0.05) is 42.5 Å². The Morgan fingerprint density at radius 2 is 1.68 bits per heavy atom. The Morgan fingerprint density at radius 1 is 0.947 bits per heavy atom. The molecule has 1 spiro atoms. The van der Waals surface area contributed by atoms with Crippen LogP contribution in [0.5, 0.6) is 0 Å². The summed E-state index contributed by atoms with van der Waals surface area (Å²) in [7, 11) is 0. The lowest BCUT2D eigenvalue weighted by atomic mass is 9.78. The van der Waals surface area contributed by atoms with Gasteiger partial charge in [0.25, 0.3) is 5.91 Å². The summed E-state index contributed by atoms with van der Waals surface area (Å²) in [5.41, 5.74) is 3.59. The van der Waals surface area contributed by atoms with Gasteiger partial charge in [-0.3, -0.25) is 10.1 Å². The average Bonchev–Trinajstić information content (AvgIpc) is 2.73. The van der Waals surface area contributed by atoms with Gasteiger partial charge in [-0.2, -0.15) is 0 Å². The van der Waals surface area contributed by atoms with Crippen molar-refractivity contribution in [3.63, 3.8) is 0 Å². The maximum absolute atomic E-state index is 12.6. The highest BCUT2D eigenvalue weighted by atomic mass is 16.2. The second-order valence-corrected chi connectivity index (χ2v) is 5.08. The van der Waals surface area contributed by atoms with Gasteiger partial charge >= 0.3 is 0 Å². The summed E-state index contributed by atoms with van der Waals surface area (Å²) in [6.07, 6.45) is 0.966. The summed E-state index contributed by atoms with van der Waals surface area (Å²) in [5, 5.41) is 6.44. The quantitative estimate of drug-likeness (QED) is 0.751. The van der Waals surface area contributed by atoms with Gasteiger partial charge in [0.05, 0.1) is 0 Å². The number of rotatable bonds is 0. The van der Waals surface area contributed by atoms with Crippen LogP contribution in [0.3, 0.4) is 0 Å². The number of anilines is 1. The molecule has 0 bridgehead atoms. The molecular weight excluding hydrogens is 236 g/mol. The molecule has 2 aromatic rings. The van der Waals surface area contributed by atoms with Crippen molar-refractivity contribution in [2.75, 3.05) is 11.9 Å². The number of fused-ring (bicyclic) bond motifs is 4. The predicted molar refractivity (Wildman–Crippen MR) is 74.0 cm³/mol. The number of hydrogen-bond donors (Lipinski definition) is 2. The van der Waals surface area contributed by atoms with Crippen molar-refractivity contribution in [3.8, 4) is 0 Å². The molecule has 2 aromatic carbocycles. The van der Waals surface area contributed by atoms with Crippen molar-refractivity contribution in [2.45, 2.75) is 12.0 Å². The van der Waals surface area contributed by atoms with E-state index in [9.17, 15) is 4.79 Å². The van der Waals surface area contributed by atoms with E-state index in [0.29, 0.717) is 0 Å². The van der Waals surface area contributed by atoms with Crippen LogP contribution in [-0.2, 0) is 16.8 Å². The fourth-order valence-corrected chi connectivity index (χ4v) is 3.28. The molecule has 3 heteroatoms. The zero-order valence-electron chi connectivity index (χ0n) is 10.4. The molecule has 2 N–H and O–H groups in total. The molecule has 1 atom stereocenters. The summed E-state index contributed by atoms with van der Waals surface area (Å²) in [6, 6.07) is 16.1. The first kappa shape index (κ1) is 10.8. The van der Waals surface area contributed by atoms with E-state index in [2.05, 4.69) is 22.8 Å². The Bertz CT molecular complexity index is 680. The molecule has 2 aliphatic heterocycles. The van der Waals surface area contributed by atoms with Crippen LogP contribution in [0, 0.1) is 0 Å². The molecule has 0 fully saturated rings. The topological polar surface area (TPSA) is 41.1 Å². The number of carbonyl (C=O) groups excluding carboxylic acids is 1. The van der Waals surface area contributed by atoms with E-state index in [4.69, 9.17) is 0 Å². The molecule has 94 valence electrons. The molecular formula is C16H14N2O. The summed E-state index contributed by atoms with van der Waals surface area (Å²) >= 11 is 0. The van der Waals surface area contributed by atoms with E-state index >= 15 is 0 Å². The van der Waals surface area contributed by atoms with Crippen LogP contribution in [0.1, 0.15) is 16.7 Å². The molecule has 0 saturated carbocycles. The van der Waals surface area contributed by atoms with Crippen LogP contribution in [0.15, 0.2) is 48.5 Å². The summed E-state index contributed by atoms with van der Waals surface area (Å²) in [6.45, 7) is 0.818. The third kappa shape index (κ3) is 1.28. The summed E-state index contributed by atoms with van der Waals surface area (Å²) < 4.78 is 0. The largest absolute Gasteiger partial charge is 0.324 e. The Balaban J connectivity index is 2.04. The van der Waals surface area contributed by atoms with Crippen LogP contribution < -0.4 is 10.6 Å². The molecule has 1 amide bonds. The lowest BCUT2D eigenvalue weighted by molar-refractivity contribution is -0.120. The monoisotopic (exact) mass is 250 g/mol. The molecule has 19 heavy (non-hydrogen) atoms. The Labute approximate surface area is 111 Å². The van der Waals surface area contributed by atoms with Gasteiger partial charge in [-0.15, -0.1) is 0 Å². The van der Waals surface area contributed by atoms with E-state index in [1.165, 1.54) is 5.56 Å². The van der Waals surface area contributed by atoms with Gasteiger partial charge in [0.2, 0.25) is 0 Å². The maximum Gasteiger partial charge on any atom is 0.254 e. The molecule has 0 aliphatic carbocycles. The minimum Gasteiger partial charge on any atom is -0.324 e. The maximum atomic E-state index is 12.6. The van der Waals surface area contributed by atoms with Crippen LogP contribution in [-0.4, -0.2) is 12.5 Å². The SMILES string of the molecule is O=C1Nc2ccccc2C12NCCc1ccccc12. The van der Waals surface area contributed by atoms with Gasteiger partial charge in [0.15, 0.2) is 5.54 Å². The highest BCUT2D eigenvalue weighted by Crippen LogP contribution is 2.43. The van der Waals surface area contributed by atoms with E-state index in [1.54, 1.807) is 0 Å². The zero-order valence-corrected chi connectivity index (χ0v) is 10.4. The fourth-order valence-electron chi connectivity index (χ4n) is 3.28. The first-order valence-electron chi connectivity index (χ1n) is 6.57. The van der Waals surface area contributed by atoms with Crippen molar-refractivity contribution in [2.24, 2.45) is 0 Å². The first-order valence-corrected chi connectivity index (χ1v) is 6.57. The zero-order chi connectivity index (χ0) is 12.9.